The second-order valence-corrected chi connectivity index (χ2v) is 6.71. The molecule has 9 heteroatoms. The van der Waals surface area contributed by atoms with Crippen LogP contribution >= 0.6 is 0 Å². The van der Waals surface area contributed by atoms with Crippen molar-refractivity contribution < 1.29 is 19.1 Å². The first-order chi connectivity index (χ1) is 14.9. The number of carbonyl (C=O) groups is 2. The van der Waals surface area contributed by atoms with E-state index in [0.717, 1.165) is 5.56 Å². The Morgan fingerprint density at radius 2 is 1.61 bits per heavy atom. The van der Waals surface area contributed by atoms with Gasteiger partial charge in [0.1, 0.15) is 12.0 Å². The van der Waals surface area contributed by atoms with Gasteiger partial charge >= 0.3 is 11.9 Å². The van der Waals surface area contributed by atoms with Crippen LogP contribution in [0.2, 0.25) is 0 Å². The summed E-state index contributed by atoms with van der Waals surface area (Å²) >= 11 is 0. The summed E-state index contributed by atoms with van der Waals surface area (Å²) in [5, 5.41) is 3.05. The number of ether oxygens (including phenoxy) is 2. The van der Waals surface area contributed by atoms with E-state index in [1.165, 1.54) is 38.7 Å². The molecule has 9 nitrogen and oxygen atoms in total. The van der Waals surface area contributed by atoms with Crippen molar-refractivity contribution >= 4 is 34.9 Å². The maximum absolute atomic E-state index is 12.0. The smallest absolute Gasteiger partial charge is 0.337 e. The maximum Gasteiger partial charge on any atom is 0.337 e. The van der Waals surface area contributed by atoms with Crippen LogP contribution in [0.25, 0.3) is 0 Å². The number of hydrogen-bond acceptors (Lipinski definition) is 9. The number of nitrogens with one attached hydrogen (secondary N) is 1. The number of nitrogen functional groups attached to an aromatic ring is 1. The van der Waals surface area contributed by atoms with Crippen LogP contribution in [0.15, 0.2) is 54.9 Å². The Hall–Kier alpha value is -4.14. The lowest BCUT2D eigenvalue weighted by molar-refractivity contribution is 0.0599. The highest BCUT2D eigenvalue weighted by atomic mass is 16.5. The predicted molar refractivity (Wildman–Crippen MR) is 117 cm³/mol. The Labute approximate surface area is 179 Å². The van der Waals surface area contributed by atoms with Gasteiger partial charge in [0.25, 0.3) is 0 Å². The number of rotatable bonds is 7. The molecule has 3 rings (SSSR count). The molecule has 1 aromatic heterocycles. The van der Waals surface area contributed by atoms with Gasteiger partial charge in [-0.05, 0) is 23.8 Å². The first-order valence-corrected chi connectivity index (χ1v) is 9.37. The Morgan fingerprint density at radius 3 is 2.19 bits per heavy atom. The van der Waals surface area contributed by atoms with Gasteiger partial charge < -0.3 is 25.4 Å². The molecule has 3 aromatic rings. The third kappa shape index (κ3) is 5.08. The van der Waals surface area contributed by atoms with E-state index in [4.69, 9.17) is 15.2 Å². The van der Waals surface area contributed by atoms with Crippen LogP contribution in [0.5, 0.6) is 0 Å². The van der Waals surface area contributed by atoms with Gasteiger partial charge in [-0.1, -0.05) is 30.3 Å². The van der Waals surface area contributed by atoms with Gasteiger partial charge in [0.2, 0.25) is 0 Å². The van der Waals surface area contributed by atoms with Gasteiger partial charge in [0, 0.05) is 19.3 Å². The van der Waals surface area contributed by atoms with E-state index >= 15 is 0 Å². The van der Waals surface area contributed by atoms with E-state index in [1.54, 1.807) is 0 Å². The van der Waals surface area contributed by atoms with Crippen molar-refractivity contribution in [3.05, 3.63) is 71.5 Å². The molecule has 0 aliphatic carbocycles. The zero-order chi connectivity index (χ0) is 22.4. The minimum absolute atomic E-state index is 0.182. The van der Waals surface area contributed by atoms with Crippen molar-refractivity contribution in [1.29, 1.82) is 0 Å². The number of nitrogens with zero attached hydrogens (tertiary/aromatic N) is 3. The Morgan fingerprint density at radius 1 is 1.00 bits per heavy atom. The molecule has 0 unspecified atom stereocenters. The molecule has 0 spiro atoms. The number of esters is 2. The summed E-state index contributed by atoms with van der Waals surface area (Å²) in [5.41, 5.74) is 8.53. The van der Waals surface area contributed by atoms with Crippen molar-refractivity contribution in [2.75, 3.05) is 37.2 Å². The molecule has 0 bridgehead atoms. The standard InChI is InChI=1S/C22H23N5O4/c1-27(12-14-7-5-4-6-8-14)20-18(23)19(24-13-25-20)26-17-10-15(21(28)30-2)9-16(11-17)22(29)31-3/h4-11,13H,12,23H2,1-3H3,(H,24,25,26). The minimum atomic E-state index is -0.590. The molecule has 0 aliphatic heterocycles. The molecule has 0 saturated carbocycles. The van der Waals surface area contributed by atoms with Gasteiger partial charge in [-0.15, -0.1) is 0 Å². The van der Waals surface area contributed by atoms with Gasteiger partial charge in [0.15, 0.2) is 11.6 Å². The van der Waals surface area contributed by atoms with E-state index < -0.39 is 11.9 Å². The lowest BCUT2D eigenvalue weighted by atomic mass is 10.1. The van der Waals surface area contributed by atoms with Crippen molar-refractivity contribution in [2.45, 2.75) is 6.54 Å². The first kappa shape index (κ1) is 21.6. The van der Waals surface area contributed by atoms with E-state index in [-0.39, 0.29) is 11.1 Å². The quantitative estimate of drug-likeness (QED) is 0.555. The molecule has 0 aliphatic rings. The largest absolute Gasteiger partial charge is 0.465 e. The zero-order valence-electron chi connectivity index (χ0n) is 17.5. The van der Waals surface area contributed by atoms with Crippen LogP contribution in [0.4, 0.5) is 23.0 Å². The summed E-state index contributed by atoms with van der Waals surface area (Å²) < 4.78 is 9.53. The summed E-state index contributed by atoms with van der Waals surface area (Å²) in [6, 6.07) is 14.4. The fraction of sp³-hybridized carbons (Fsp3) is 0.182. The number of anilines is 4. The molecule has 1 heterocycles. The van der Waals surface area contributed by atoms with Crippen LogP contribution in [0, 0.1) is 0 Å². The summed E-state index contributed by atoms with van der Waals surface area (Å²) in [6.07, 6.45) is 1.39. The molecule has 0 fully saturated rings. The van der Waals surface area contributed by atoms with Crippen LogP contribution in [0.1, 0.15) is 26.3 Å². The highest BCUT2D eigenvalue weighted by molar-refractivity contribution is 5.97. The molecule has 0 amide bonds. The van der Waals surface area contributed by atoms with E-state index in [9.17, 15) is 9.59 Å². The van der Waals surface area contributed by atoms with Gasteiger partial charge in [-0.3, -0.25) is 0 Å². The number of nitrogens with two attached hydrogens (primary N) is 1. The number of hydrogen-bond donors (Lipinski definition) is 2. The SMILES string of the molecule is COC(=O)c1cc(Nc2ncnc(N(C)Cc3ccccc3)c2N)cc(C(=O)OC)c1. The van der Waals surface area contributed by atoms with Crippen LogP contribution < -0.4 is 16.0 Å². The Kier molecular flexibility index (Phi) is 6.66. The van der Waals surface area contributed by atoms with Gasteiger partial charge in [-0.25, -0.2) is 19.6 Å². The first-order valence-electron chi connectivity index (χ1n) is 9.37. The highest BCUT2D eigenvalue weighted by Gasteiger charge is 2.17. The zero-order valence-corrected chi connectivity index (χ0v) is 17.5. The van der Waals surface area contributed by atoms with E-state index in [2.05, 4.69) is 15.3 Å². The topological polar surface area (TPSA) is 120 Å². The van der Waals surface area contributed by atoms with Crippen molar-refractivity contribution in [3.63, 3.8) is 0 Å². The Balaban J connectivity index is 1.91. The molecule has 31 heavy (non-hydrogen) atoms. The van der Waals surface area contributed by atoms with E-state index in [1.807, 2.05) is 42.3 Å². The molecule has 0 radical (unpaired) electrons. The molecule has 0 atom stereocenters. The lowest BCUT2D eigenvalue weighted by Gasteiger charge is -2.21. The summed E-state index contributed by atoms with van der Waals surface area (Å²) in [7, 11) is 4.40. The summed E-state index contributed by atoms with van der Waals surface area (Å²) in [4.78, 5) is 34.4. The van der Waals surface area contributed by atoms with Crippen LogP contribution in [-0.4, -0.2) is 43.2 Å². The molecule has 3 N–H and O–H groups in total. The number of benzene rings is 2. The fourth-order valence-electron chi connectivity index (χ4n) is 3.03. The number of methoxy groups -OCH3 is 2. The Bertz CT molecular complexity index is 1050. The molecular weight excluding hydrogens is 398 g/mol. The van der Waals surface area contributed by atoms with Crippen molar-refractivity contribution in [3.8, 4) is 0 Å². The lowest BCUT2D eigenvalue weighted by Crippen LogP contribution is -2.20. The highest BCUT2D eigenvalue weighted by Crippen LogP contribution is 2.29. The number of carbonyl (C=O) groups excluding carboxylic acids is 2. The summed E-state index contributed by atoms with van der Waals surface area (Å²) in [6.45, 7) is 0.603. The molecule has 0 saturated heterocycles. The second-order valence-electron chi connectivity index (χ2n) is 6.71. The van der Waals surface area contributed by atoms with E-state index in [0.29, 0.717) is 29.6 Å². The third-order valence-electron chi connectivity index (χ3n) is 4.52. The van der Waals surface area contributed by atoms with Gasteiger partial charge in [-0.2, -0.15) is 0 Å². The van der Waals surface area contributed by atoms with Crippen LogP contribution in [0.3, 0.4) is 0 Å². The molecule has 2 aromatic carbocycles. The molecular formula is C22H23N5O4. The molecule has 160 valence electrons. The second kappa shape index (κ2) is 9.57. The van der Waals surface area contributed by atoms with Crippen LogP contribution in [-0.2, 0) is 16.0 Å². The average molecular weight is 421 g/mol. The van der Waals surface area contributed by atoms with Crippen molar-refractivity contribution in [2.24, 2.45) is 0 Å². The average Bonchev–Trinajstić information content (AvgIpc) is 2.79. The predicted octanol–water partition coefficient (Wildman–Crippen LogP) is 3.01. The third-order valence-corrected chi connectivity index (χ3v) is 4.52. The fourth-order valence-corrected chi connectivity index (χ4v) is 3.03. The maximum atomic E-state index is 12.0. The van der Waals surface area contributed by atoms with Crippen molar-refractivity contribution in [1.82, 2.24) is 9.97 Å². The summed E-state index contributed by atoms with van der Waals surface area (Å²) in [5.74, 6) is -0.304. The number of aromatic nitrogens is 2. The van der Waals surface area contributed by atoms with Gasteiger partial charge in [0.05, 0.1) is 25.3 Å². The monoisotopic (exact) mass is 421 g/mol. The normalized spacial score (nSPS) is 10.3. The minimum Gasteiger partial charge on any atom is -0.465 e.